The maximum atomic E-state index is 13.5. The third-order valence-electron chi connectivity index (χ3n) is 7.03. The topological polar surface area (TPSA) is 180 Å². The molecule has 0 saturated heterocycles. The molecule has 0 aromatic heterocycles. The van der Waals surface area contributed by atoms with Crippen LogP contribution in [0.15, 0.2) is 30.3 Å². The van der Waals surface area contributed by atoms with E-state index in [1.165, 1.54) is 25.9 Å². The van der Waals surface area contributed by atoms with E-state index in [1.807, 2.05) is 37.3 Å². The van der Waals surface area contributed by atoms with Crippen LogP contribution in [-0.2, 0) is 28.8 Å². The Kier molecular flexibility index (Phi) is 13.5. The molecular weight excluding hydrogens is 552 g/mol. The minimum Gasteiger partial charge on any atom is -0.349 e. The van der Waals surface area contributed by atoms with Gasteiger partial charge in [0.1, 0.15) is 12.1 Å². The van der Waals surface area contributed by atoms with Crippen molar-refractivity contribution in [1.29, 1.82) is 0 Å². The molecule has 5 atom stereocenters. The summed E-state index contributed by atoms with van der Waals surface area (Å²) in [5.41, 5.74) is 5.56. The van der Waals surface area contributed by atoms with Gasteiger partial charge in [-0.15, -0.1) is 0 Å². The summed E-state index contributed by atoms with van der Waals surface area (Å²) in [6.45, 7) is 13.8. The molecule has 6 N–H and O–H groups in total. The monoisotopic (exact) mass is 602 g/mol. The van der Waals surface area contributed by atoms with Gasteiger partial charge in [-0.2, -0.15) is 0 Å². The number of nitrogens with zero attached hydrogens (tertiary/aromatic N) is 1. The lowest BCUT2D eigenvalue weighted by Gasteiger charge is -2.34. The van der Waals surface area contributed by atoms with Crippen molar-refractivity contribution >= 4 is 35.3 Å². The second-order valence-corrected chi connectivity index (χ2v) is 13.1. The number of rotatable bonds is 13. The minimum absolute atomic E-state index is 0.402. The number of nitrogens with two attached hydrogens (primary N) is 1. The van der Waals surface area contributed by atoms with E-state index in [0.717, 1.165) is 5.56 Å². The van der Waals surface area contributed by atoms with Crippen LogP contribution in [-0.4, -0.2) is 78.5 Å². The number of hydrogen-bond acceptors (Lipinski definition) is 7. The van der Waals surface area contributed by atoms with Crippen LogP contribution in [0.3, 0.4) is 0 Å². The fourth-order valence-corrected chi connectivity index (χ4v) is 4.03. The maximum Gasteiger partial charge on any atom is 0.290 e. The average Bonchev–Trinajstić information content (AvgIpc) is 2.91. The second kappa shape index (κ2) is 15.6. The Morgan fingerprint density at radius 3 is 1.81 bits per heavy atom. The summed E-state index contributed by atoms with van der Waals surface area (Å²) in [7, 11) is 3.00. The summed E-state index contributed by atoms with van der Waals surface area (Å²) in [6, 6.07) is 4.10. The van der Waals surface area contributed by atoms with E-state index in [9.17, 15) is 28.8 Å². The first kappa shape index (κ1) is 37.2. The molecule has 0 aliphatic rings. The van der Waals surface area contributed by atoms with Crippen molar-refractivity contribution in [2.45, 2.75) is 98.4 Å². The molecule has 1 rings (SSSR count). The molecule has 12 heteroatoms. The molecule has 0 spiro atoms. The molecule has 0 radical (unpaired) electrons. The van der Waals surface area contributed by atoms with Gasteiger partial charge in [0.2, 0.25) is 29.4 Å². The first-order valence-electron chi connectivity index (χ1n) is 14.5. The van der Waals surface area contributed by atoms with E-state index in [-0.39, 0.29) is 0 Å². The van der Waals surface area contributed by atoms with Gasteiger partial charge >= 0.3 is 0 Å². The van der Waals surface area contributed by atoms with E-state index < -0.39 is 82.8 Å². The van der Waals surface area contributed by atoms with Crippen LogP contribution in [0.5, 0.6) is 0 Å². The Labute approximate surface area is 255 Å². The standard InChI is InChI=1S/C31H50N6O6/c1-11-20(19-15-13-12-14-16-19)34-27(41)23(39)18(2)33-26(40)21(17-22(38)37(9)10)35-29(43)25(31(6,7)8)36-28(42)24(32)30(3,4)5/h12-16,18,20-21,24-25H,11,17,32H2,1-10H3,(H,33,40)(H,34,41)(H,35,43)(H,36,42)/t18?,20-,21+,24-,25?/m1/s1. The smallest absolute Gasteiger partial charge is 0.290 e. The Hall–Kier alpha value is -3.80. The van der Waals surface area contributed by atoms with Crippen LogP contribution >= 0.6 is 0 Å². The average molecular weight is 603 g/mol. The molecule has 1 aromatic carbocycles. The highest BCUT2D eigenvalue weighted by atomic mass is 16.2. The van der Waals surface area contributed by atoms with Gasteiger partial charge in [0.05, 0.1) is 24.5 Å². The van der Waals surface area contributed by atoms with Crippen LogP contribution in [0.1, 0.15) is 79.8 Å². The number of benzene rings is 1. The Morgan fingerprint density at radius 2 is 1.35 bits per heavy atom. The first-order chi connectivity index (χ1) is 19.7. The molecule has 0 saturated carbocycles. The van der Waals surface area contributed by atoms with E-state index in [4.69, 9.17) is 5.73 Å². The number of nitrogens with one attached hydrogen (secondary N) is 4. The van der Waals surface area contributed by atoms with Crippen molar-refractivity contribution in [3.63, 3.8) is 0 Å². The SMILES string of the molecule is CC[C@@H](NC(=O)C(=O)C(C)NC(=O)[C@H](CC(=O)N(C)C)NC(=O)C(NC(=O)[C@@H](N)C(C)(C)C)C(C)(C)C)c1ccccc1. The molecule has 0 fully saturated rings. The number of ketones is 1. The summed E-state index contributed by atoms with van der Waals surface area (Å²) in [4.78, 5) is 79.2. The fourth-order valence-electron chi connectivity index (χ4n) is 4.03. The third kappa shape index (κ3) is 11.4. The van der Waals surface area contributed by atoms with Crippen LogP contribution in [0.4, 0.5) is 0 Å². The van der Waals surface area contributed by atoms with Gasteiger partial charge in [0.15, 0.2) is 0 Å². The third-order valence-corrected chi connectivity index (χ3v) is 7.03. The van der Waals surface area contributed by atoms with Crippen LogP contribution < -0.4 is 27.0 Å². The van der Waals surface area contributed by atoms with Crippen molar-refractivity contribution < 1.29 is 28.8 Å². The van der Waals surface area contributed by atoms with Gasteiger partial charge in [-0.25, -0.2) is 0 Å². The molecule has 2 unspecified atom stereocenters. The lowest BCUT2D eigenvalue weighted by Crippen LogP contribution is -2.62. The van der Waals surface area contributed by atoms with Gasteiger partial charge in [0.25, 0.3) is 5.91 Å². The lowest BCUT2D eigenvalue weighted by atomic mass is 9.83. The zero-order valence-electron chi connectivity index (χ0n) is 27.2. The Bertz CT molecular complexity index is 1160. The largest absolute Gasteiger partial charge is 0.349 e. The molecule has 240 valence electrons. The van der Waals surface area contributed by atoms with E-state index in [1.54, 1.807) is 41.5 Å². The second-order valence-electron chi connectivity index (χ2n) is 13.1. The van der Waals surface area contributed by atoms with Gasteiger partial charge in [0, 0.05) is 14.1 Å². The quantitative estimate of drug-likeness (QED) is 0.210. The predicted octanol–water partition coefficient (Wildman–Crippen LogP) is 1.20. The Balaban J connectivity index is 3.12. The molecule has 1 aromatic rings. The summed E-state index contributed by atoms with van der Waals surface area (Å²) >= 11 is 0. The van der Waals surface area contributed by atoms with Crippen molar-refractivity contribution in [3.8, 4) is 0 Å². The van der Waals surface area contributed by atoms with Gasteiger partial charge < -0.3 is 31.9 Å². The van der Waals surface area contributed by atoms with E-state index >= 15 is 0 Å². The van der Waals surface area contributed by atoms with Crippen molar-refractivity contribution in [1.82, 2.24) is 26.2 Å². The number of Topliss-reactive ketones (excluding diaryl/α,β-unsaturated/α-hetero) is 1. The first-order valence-corrected chi connectivity index (χ1v) is 14.5. The van der Waals surface area contributed by atoms with Crippen molar-refractivity contribution in [2.24, 2.45) is 16.6 Å². The minimum atomic E-state index is -1.40. The summed E-state index contributed by atoms with van der Waals surface area (Å²) < 4.78 is 0. The molecule has 43 heavy (non-hydrogen) atoms. The Morgan fingerprint density at radius 1 is 0.791 bits per heavy atom. The van der Waals surface area contributed by atoms with Gasteiger partial charge in [-0.05, 0) is 29.7 Å². The highest BCUT2D eigenvalue weighted by molar-refractivity contribution is 6.38. The number of carbonyl (C=O) groups excluding carboxylic acids is 6. The fraction of sp³-hybridized carbons (Fsp3) is 0.613. The summed E-state index contributed by atoms with van der Waals surface area (Å²) in [6.07, 6.45) is 0.118. The molecule has 5 amide bonds. The van der Waals surface area contributed by atoms with Crippen LogP contribution in [0, 0.1) is 10.8 Å². The highest BCUT2D eigenvalue weighted by Crippen LogP contribution is 2.22. The van der Waals surface area contributed by atoms with Crippen molar-refractivity contribution in [3.05, 3.63) is 35.9 Å². The number of hydrogen-bond donors (Lipinski definition) is 5. The zero-order valence-corrected chi connectivity index (χ0v) is 27.2. The molecule has 0 bridgehead atoms. The summed E-state index contributed by atoms with van der Waals surface area (Å²) in [5, 5.41) is 10.4. The number of amides is 5. The lowest BCUT2D eigenvalue weighted by molar-refractivity contribution is -0.141. The molecule has 12 nitrogen and oxygen atoms in total. The molecule has 0 aliphatic carbocycles. The van der Waals surface area contributed by atoms with E-state index in [0.29, 0.717) is 6.42 Å². The summed E-state index contributed by atoms with van der Waals surface area (Å²) in [5.74, 6) is -4.31. The predicted molar refractivity (Wildman–Crippen MR) is 164 cm³/mol. The van der Waals surface area contributed by atoms with Crippen molar-refractivity contribution in [2.75, 3.05) is 14.1 Å². The maximum absolute atomic E-state index is 13.5. The van der Waals surface area contributed by atoms with Gasteiger partial charge in [-0.1, -0.05) is 78.8 Å². The van der Waals surface area contributed by atoms with Crippen LogP contribution in [0.2, 0.25) is 0 Å². The normalized spacial score (nSPS) is 15.1. The molecule has 0 heterocycles. The zero-order chi connectivity index (χ0) is 33.3. The van der Waals surface area contributed by atoms with Crippen LogP contribution in [0.25, 0.3) is 0 Å². The molecular formula is C31H50N6O6. The van der Waals surface area contributed by atoms with Gasteiger partial charge in [-0.3, -0.25) is 28.8 Å². The van der Waals surface area contributed by atoms with E-state index in [2.05, 4.69) is 21.3 Å². The molecule has 0 aliphatic heterocycles. The highest BCUT2D eigenvalue weighted by Gasteiger charge is 2.38. The number of carbonyl (C=O) groups is 6.